The van der Waals surface area contributed by atoms with Crippen LogP contribution in [0.1, 0.15) is 12.8 Å². The topological polar surface area (TPSA) is 23.6 Å². The lowest BCUT2D eigenvalue weighted by Gasteiger charge is -2.19. The summed E-state index contributed by atoms with van der Waals surface area (Å²) in [5, 5.41) is 0.776. The van der Waals surface area contributed by atoms with Crippen molar-refractivity contribution in [2.45, 2.75) is 12.8 Å². The van der Waals surface area contributed by atoms with E-state index in [0.717, 1.165) is 37.9 Å². The minimum Gasteiger partial charge on any atom is -0.341 e. The minimum absolute atomic E-state index is 0.284. The van der Waals surface area contributed by atoms with Gasteiger partial charge in [0.15, 0.2) is 0 Å². The van der Waals surface area contributed by atoms with E-state index in [1.807, 2.05) is 4.90 Å². The number of hydrogen-bond acceptors (Lipinski definition) is 2. The molecule has 1 aliphatic rings. The fourth-order valence-electron chi connectivity index (χ4n) is 1.53. The van der Waals surface area contributed by atoms with E-state index in [-0.39, 0.29) is 5.91 Å². The van der Waals surface area contributed by atoms with Gasteiger partial charge in [0.2, 0.25) is 5.91 Å². The van der Waals surface area contributed by atoms with Crippen LogP contribution in [0.4, 0.5) is 0 Å². The molecule has 0 aromatic heterocycles. The third-order valence-electron chi connectivity index (χ3n) is 2.38. The summed E-state index contributed by atoms with van der Waals surface area (Å²) >= 11 is 3.29. The van der Waals surface area contributed by atoms with Gasteiger partial charge in [-0.15, -0.1) is 0 Å². The number of nitrogens with zero attached hydrogens (tertiary/aromatic N) is 2. The van der Waals surface area contributed by atoms with Gasteiger partial charge < -0.3 is 9.80 Å². The van der Waals surface area contributed by atoms with E-state index in [0.29, 0.717) is 6.42 Å². The van der Waals surface area contributed by atoms with E-state index in [9.17, 15) is 4.79 Å². The normalized spacial score (nSPS) is 20.0. The van der Waals surface area contributed by atoms with Crippen molar-refractivity contribution in [3.8, 4) is 0 Å². The maximum absolute atomic E-state index is 11.5. The zero-order valence-electron chi connectivity index (χ0n) is 8.13. The van der Waals surface area contributed by atoms with Crippen LogP contribution in [0.3, 0.4) is 0 Å². The average Bonchev–Trinajstić information content (AvgIpc) is 2.30. The second kappa shape index (κ2) is 5.60. The van der Waals surface area contributed by atoms with E-state index in [1.165, 1.54) is 0 Å². The summed E-state index contributed by atoms with van der Waals surface area (Å²) in [6.45, 7) is 3.94. The van der Waals surface area contributed by atoms with Crippen LogP contribution in [-0.4, -0.2) is 54.3 Å². The number of rotatable bonds is 2. The Morgan fingerprint density at radius 3 is 2.77 bits per heavy atom. The minimum atomic E-state index is 0.284. The van der Waals surface area contributed by atoms with Crippen molar-refractivity contribution in [2.75, 3.05) is 38.6 Å². The first-order valence-electron chi connectivity index (χ1n) is 4.76. The molecule has 0 N–H and O–H groups in total. The molecule has 1 saturated heterocycles. The zero-order valence-corrected chi connectivity index (χ0v) is 9.72. The molecule has 1 heterocycles. The first-order valence-corrected chi connectivity index (χ1v) is 5.88. The Bertz CT molecular complexity index is 175. The smallest absolute Gasteiger partial charge is 0.223 e. The summed E-state index contributed by atoms with van der Waals surface area (Å²) in [4.78, 5) is 15.8. The maximum Gasteiger partial charge on any atom is 0.223 e. The Kier molecular flexibility index (Phi) is 4.73. The Balaban J connectivity index is 2.37. The van der Waals surface area contributed by atoms with Crippen LogP contribution in [0.2, 0.25) is 0 Å². The summed E-state index contributed by atoms with van der Waals surface area (Å²) in [5.41, 5.74) is 0. The SMILES string of the molecule is CN1CCCN(C(=O)CCBr)CC1. The lowest BCUT2D eigenvalue weighted by molar-refractivity contribution is -0.130. The monoisotopic (exact) mass is 248 g/mol. The lowest BCUT2D eigenvalue weighted by Crippen LogP contribution is -2.34. The Hall–Kier alpha value is -0.0900. The third-order valence-corrected chi connectivity index (χ3v) is 2.78. The number of carbonyl (C=O) groups is 1. The molecular weight excluding hydrogens is 232 g/mol. The van der Waals surface area contributed by atoms with E-state index < -0.39 is 0 Å². The molecule has 4 heteroatoms. The van der Waals surface area contributed by atoms with Crippen LogP contribution in [0.15, 0.2) is 0 Å². The van der Waals surface area contributed by atoms with E-state index in [4.69, 9.17) is 0 Å². The van der Waals surface area contributed by atoms with Gasteiger partial charge in [0.1, 0.15) is 0 Å². The molecule has 1 fully saturated rings. The molecule has 0 unspecified atom stereocenters. The van der Waals surface area contributed by atoms with Crippen LogP contribution in [0.5, 0.6) is 0 Å². The van der Waals surface area contributed by atoms with Crippen molar-refractivity contribution in [2.24, 2.45) is 0 Å². The molecule has 0 saturated carbocycles. The van der Waals surface area contributed by atoms with Gasteiger partial charge in [-0.1, -0.05) is 15.9 Å². The predicted octanol–water partition coefficient (Wildman–Crippen LogP) is 0.935. The molecule has 1 rings (SSSR count). The number of amides is 1. The Morgan fingerprint density at radius 2 is 2.08 bits per heavy atom. The van der Waals surface area contributed by atoms with Crippen molar-refractivity contribution >= 4 is 21.8 Å². The Morgan fingerprint density at radius 1 is 1.31 bits per heavy atom. The van der Waals surface area contributed by atoms with Gasteiger partial charge >= 0.3 is 0 Å². The molecule has 1 amide bonds. The molecular formula is C9H17BrN2O. The molecule has 1 aliphatic heterocycles. The number of hydrogen-bond donors (Lipinski definition) is 0. The maximum atomic E-state index is 11.5. The quantitative estimate of drug-likeness (QED) is 0.680. The number of carbonyl (C=O) groups excluding carboxylic acids is 1. The molecule has 0 spiro atoms. The highest BCUT2D eigenvalue weighted by Crippen LogP contribution is 2.03. The summed E-state index contributed by atoms with van der Waals surface area (Å²) < 4.78 is 0. The van der Waals surface area contributed by atoms with Gasteiger partial charge in [0.05, 0.1) is 0 Å². The second-order valence-electron chi connectivity index (χ2n) is 3.48. The van der Waals surface area contributed by atoms with Crippen LogP contribution in [0, 0.1) is 0 Å². The highest BCUT2D eigenvalue weighted by molar-refractivity contribution is 9.09. The highest BCUT2D eigenvalue weighted by Gasteiger charge is 2.16. The van der Waals surface area contributed by atoms with Gasteiger partial charge in [-0.3, -0.25) is 4.79 Å². The van der Waals surface area contributed by atoms with Crippen LogP contribution in [-0.2, 0) is 4.79 Å². The summed E-state index contributed by atoms with van der Waals surface area (Å²) in [6, 6.07) is 0. The average molecular weight is 249 g/mol. The first-order chi connectivity index (χ1) is 6.24. The highest BCUT2D eigenvalue weighted by atomic mass is 79.9. The van der Waals surface area contributed by atoms with Crippen molar-refractivity contribution in [3.63, 3.8) is 0 Å². The standard InChI is InChI=1S/C9H17BrN2O/c1-11-5-2-6-12(8-7-11)9(13)3-4-10/h2-8H2,1H3. The largest absolute Gasteiger partial charge is 0.341 e. The van der Waals surface area contributed by atoms with Crippen LogP contribution >= 0.6 is 15.9 Å². The van der Waals surface area contributed by atoms with Crippen molar-refractivity contribution in [3.05, 3.63) is 0 Å². The van der Waals surface area contributed by atoms with E-state index in [2.05, 4.69) is 27.9 Å². The summed E-state index contributed by atoms with van der Waals surface area (Å²) in [5.74, 6) is 0.284. The van der Waals surface area contributed by atoms with Gasteiger partial charge in [0.25, 0.3) is 0 Å². The second-order valence-corrected chi connectivity index (χ2v) is 4.27. The van der Waals surface area contributed by atoms with Gasteiger partial charge in [-0.05, 0) is 20.0 Å². The molecule has 0 aliphatic carbocycles. The number of halogens is 1. The van der Waals surface area contributed by atoms with Crippen molar-refractivity contribution < 1.29 is 4.79 Å². The van der Waals surface area contributed by atoms with Gasteiger partial charge in [-0.25, -0.2) is 0 Å². The van der Waals surface area contributed by atoms with E-state index >= 15 is 0 Å². The van der Waals surface area contributed by atoms with Gasteiger partial charge in [0, 0.05) is 31.4 Å². The number of alkyl halides is 1. The predicted molar refractivity (Wildman–Crippen MR) is 57.1 cm³/mol. The Labute approximate surface area is 88.2 Å². The fraction of sp³-hybridized carbons (Fsp3) is 0.889. The molecule has 0 aromatic rings. The molecule has 0 atom stereocenters. The molecule has 0 bridgehead atoms. The van der Waals surface area contributed by atoms with E-state index in [1.54, 1.807) is 0 Å². The number of likely N-dealkylation sites (N-methyl/N-ethyl adjacent to an activating group) is 1. The first kappa shape index (κ1) is 11.0. The lowest BCUT2D eigenvalue weighted by atomic mass is 10.3. The summed E-state index contributed by atoms with van der Waals surface area (Å²) in [6.07, 6.45) is 1.73. The molecule has 3 nitrogen and oxygen atoms in total. The van der Waals surface area contributed by atoms with Gasteiger partial charge in [-0.2, -0.15) is 0 Å². The van der Waals surface area contributed by atoms with Crippen molar-refractivity contribution in [1.82, 2.24) is 9.80 Å². The van der Waals surface area contributed by atoms with Crippen molar-refractivity contribution in [1.29, 1.82) is 0 Å². The molecule has 76 valence electrons. The molecule has 0 aromatic carbocycles. The van der Waals surface area contributed by atoms with Crippen LogP contribution < -0.4 is 0 Å². The summed E-state index contributed by atoms with van der Waals surface area (Å²) in [7, 11) is 2.11. The molecule has 13 heavy (non-hydrogen) atoms. The van der Waals surface area contributed by atoms with Crippen LogP contribution in [0.25, 0.3) is 0 Å². The molecule has 0 radical (unpaired) electrons. The fourth-order valence-corrected chi connectivity index (χ4v) is 1.87. The zero-order chi connectivity index (χ0) is 9.68. The third kappa shape index (κ3) is 3.65.